The van der Waals surface area contributed by atoms with E-state index < -0.39 is 0 Å². The van der Waals surface area contributed by atoms with Crippen molar-refractivity contribution >= 4 is 0 Å². The van der Waals surface area contributed by atoms with Gasteiger partial charge in [0.25, 0.3) is 0 Å². The Hall–Kier alpha value is -1.44. The van der Waals surface area contributed by atoms with Gasteiger partial charge in [-0.15, -0.1) is 0 Å². The molecule has 2 nitrogen and oxygen atoms in total. The quantitative estimate of drug-likeness (QED) is 0.131. The lowest BCUT2D eigenvalue weighted by Gasteiger charge is -2.33. The number of rotatable bonds is 24. The van der Waals surface area contributed by atoms with Gasteiger partial charge in [-0.25, -0.2) is 0 Å². The predicted octanol–water partition coefficient (Wildman–Crippen LogP) is 10.8. The molecule has 1 heterocycles. The average molecular weight is 497 g/mol. The van der Waals surface area contributed by atoms with E-state index in [1.165, 1.54) is 147 Å². The summed E-state index contributed by atoms with van der Waals surface area (Å²) in [5, 5.41) is 0. The largest absolute Gasteiger partial charge is 0.356 e. The lowest BCUT2D eigenvalue weighted by atomic mass is 10.0. The van der Waals surface area contributed by atoms with Crippen molar-refractivity contribution in [1.82, 2.24) is 9.80 Å². The normalized spacial score (nSPS) is 15.3. The van der Waals surface area contributed by atoms with Crippen LogP contribution in [0.5, 0.6) is 0 Å². The first-order valence-corrected chi connectivity index (χ1v) is 16.1. The van der Waals surface area contributed by atoms with E-state index in [-0.39, 0.29) is 0 Å². The Kier molecular flexibility index (Phi) is 18.5. The molecule has 0 aromatic heterocycles. The van der Waals surface area contributed by atoms with E-state index in [1.807, 2.05) is 0 Å². The molecule has 1 unspecified atom stereocenters. The number of benzene rings is 1. The fourth-order valence-electron chi connectivity index (χ4n) is 5.66. The summed E-state index contributed by atoms with van der Waals surface area (Å²) in [6.07, 6.45) is 35.0. The van der Waals surface area contributed by atoms with E-state index in [1.54, 1.807) is 0 Å². The molecule has 1 aromatic rings. The SMILES string of the molecule is CCCCCCCCCCCCCCCCCC1N(CCCCCCC)C=CN1Cc1ccccc1. The lowest BCUT2D eigenvalue weighted by molar-refractivity contribution is 0.132. The summed E-state index contributed by atoms with van der Waals surface area (Å²) < 4.78 is 0. The monoisotopic (exact) mass is 496 g/mol. The van der Waals surface area contributed by atoms with Gasteiger partial charge in [0.05, 0.1) is 0 Å². The van der Waals surface area contributed by atoms with E-state index in [4.69, 9.17) is 0 Å². The molecular formula is C34H60N2. The average Bonchev–Trinajstić information content (AvgIpc) is 3.27. The molecular weight excluding hydrogens is 436 g/mol. The zero-order valence-corrected chi connectivity index (χ0v) is 24.3. The molecule has 36 heavy (non-hydrogen) atoms. The molecule has 0 aliphatic carbocycles. The van der Waals surface area contributed by atoms with Gasteiger partial charge in [0, 0.05) is 25.5 Å². The molecule has 0 spiro atoms. The van der Waals surface area contributed by atoms with Gasteiger partial charge >= 0.3 is 0 Å². The Balaban J connectivity index is 1.56. The molecule has 0 amide bonds. The molecule has 1 atom stereocenters. The van der Waals surface area contributed by atoms with Crippen LogP contribution in [0.25, 0.3) is 0 Å². The molecule has 1 aliphatic rings. The summed E-state index contributed by atoms with van der Waals surface area (Å²) in [5.41, 5.74) is 1.42. The van der Waals surface area contributed by atoms with E-state index in [2.05, 4.69) is 66.4 Å². The van der Waals surface area contributed by atoms with Crippen LogP contribution in [-0.2, 0) is 6.54 Å². The topological polar surface area (TPSA) is 6.48 Å². The highest BCUT2D eigenvalue weighted by atomic mass is 15.4. The standard InChI is InChI=1S/C34H60N2/c1-3-5-7-9-10-11-12-13-14-15-16-17-18-19-24-28-34-35(29-25-20-8-6-4-2)30-31-36(34)32-33-26-22-21-23-27-33/h21-23,26-27,30-31,34H,3-20,24-25,28-29,32H2,1-2H3. The molecule has 0 bridgehead atoms. The van der Waals surface area contributed by atoms with Crippen LogP contribution in [0.4, 0.5) is 0 Å². The van der Waals surface area contributed by atoms with Crippen molar-refractivity contribution in [1.29, 1.82) is 0 Å². The molecule has 0 radical (unpaired) electrons. The van der Waals surface area contributed by atoms with Crippen molar-refractivity contribution < 1.29 is 0 Å². The second-order valence-corrected chi connectivity index (χ2v) is 11.3. The minimum atomic E-state index is 0.554. The van der Waals surface area contributed by atoms with Gasteiger partial charge in [-0.3, -0.25) is 0 Å². The molecule has 0 fully saturated rings. The molecule has 0 N–H and O–H groups in total. The summed E-state index contributed by atoms with van der Waals surface area (Å²) in [5.74, 6) is 0. The number of hydrogen-bond donors (Lipinski definition) is 0. The first kappa shape index (κ1) is 30.8. The summed E-state index contributed by atoms with van der Waals surface area (Å²) >= 11 is 0. The van der Waals surface area contributed by atoms with Crippen LogP contribution in [-0.4, -0.2) is 22.5 Å². The van der Waals surface area contributed by atoms with Crippen LogP contribution in [0.2, 0.25) is 0 Å². The zero-order chi connectivity index (χ0) is 25.5. The molecule has 0 saturated heterocycles. The first-order valence-electron chi connectivity index (χ1n) is 16.1. The summed E-state index contributed by atoms with van der Waals surface area (Å²) in [6, 6.07) is 11.0. The Labute approximate surface area is 225 Å². The Morgan fingerprint density at radius 1 is 0.500 bits per heavy atom. The van der Waals surface area contributed by atoms with Crippen molar-refractivity contribution in [3.63, 3.8) is 0 Å². The van der Waals surface area contributed by atoms with Crippen LogP contribution in [0.3, 0.4) is 0 Å². The first-order chi connectivity index (χ1) is 17.8. The van der Waals surface area contributed by atoms with Crippen LogP contribution < -0.4 is 0 Å². The van der Waals surface area contributed by atoms with E-state index in [0.717, 1.165) is 6.54 Å². The second kappa shape index (κ2) is 21.6. The molecule has 206 valence electrons. The van der Waals surface area contributed by atoms with Crippen LogP contribution in [0.1, 0.15) is 154 Å². The van der Waals surface area contributed by atoms with Gasteiger partial charge in [0.15, 0.2) is 0 Å². The van der Waals surface area contributed by atoms with Gasteiger partial charge < -0.3 is 9.80 Å². The van der Waals surface area contributed by atoms with Gasteiger partial charge in [-0.05, 0) is 24.8 Å². The molecule has 1 aliphatic heterocycles. The summed E-state index contributed by atoms with van der Waals surface area (Å²) in [4.78, 5) is 5.23. The molecule has 1 aromatic carbocycles. The van der Waals surface area contributed by atoms with Crippen LogP contribution >= 0.6 is 0 Å². The third-order valence-electron chi connectivity index (χ3n) is 8.01. The molecule has 0 saturated carbocycles. The Bertz CT molecular complexity index is 625. The smallest absolute Gasteiger partial charge is 0.101 e. The van der Waals surface area contributed by atoms with Crippen molar-refractivity contribution in [2.24, 2.45) is 0 Å². The van der Waals surface area contributed by atoms with Gasteiger partial charge in [-0.2, -0.15) is 0 Å². The number of hydrogen-bond acceptors (Lipinski definition) is 2. The summed E-state index contributed by atoms with van der Waals surface area (Å²) in [6.45, 7) is 6.86. The van der Waals surface area contributed by atoms with Crippen molar-refractivity contribution in [3.05, 3.63) is 48.3 Å². The van der Waals surface area contributed by atoms with E-state index >= 15 is 0 Å². The maximum absolute atomic E-state index is 2.64. The summed E-state index contributed by atoms with van der Waals surface area (Å²) in [7, 11) is 0. The maximum atomic E-state index is 2.64. The van der Waals surface area contributed by atoms with E-state index in [0.29, 0.717) is 6.17 Å². The third kappa shape index (κ3) is 14.3. The third-order valence-corrected chi connectivity index (χ3v) is 8.01. The fourth-order valence-corrected chi connectivity index (χ4v) is 5.66. The Morgan fingerprint density at radius 3 is 1.47 bits per heavy atom. The highest BCUT2D eigenvalue weighted by Gasteiger charge is 2.25. The zero-order valence-electron chi connectivity index (χ0n) is 24.3. The minimum absolute atomic E-state index is 0.554. The highest BCUT2D eigenvalue weighted by Crippen LogP contribution is 2.25. The Morgan fingerprint density at radius 2 is 0.944 bits per heavy atom. The maximum Gasteiger partial charge on any atom is 0.101 e. The van der Waals surface area contributed by atoms with Gasteiger partial charge in [0.2, 0.25) is 0 Å². The van der Waals surface area contributed by atoms with Crippen molar-refractivity contribution in [2.45, 2.75) is 161 Å². The molecule has 2 heteroatoms. The predicted molar refractivity (Wildman–Crippen MR) is 160 cm³/mol. The highest BCUT2D eigenvalue weighted by molar-refractivity contribution is 5.16. The molecule has 2 rings (SSSR count). The lowest BCUT2D eigenvalue weighted by Crippen LogP contribution is -2.38. The van der Waals surface area contributed by atoms with Crippen molar-refractivity contribution in [3.8, 4) is 0 Å². The minimum Gasteiger partial charge on any atom is -0.356 e. The number of nitrogens with zero attached hydrogens (tertiary/aromatic N) is 2. The van der Waals surface area contributed by atoms with Crippen LogP contribution in [0, 0.1) is 0 Å². The van der Waals surface area contributed by atoms with Crippen LogP contribution in [0.15, 0.2) is 42.7 Å². The fraction of sp³-hybridized carbons (Fsp3) is 0.765. The van der Waals surface area contributed by atoms with E-state index in [9.17, 15) is 0 Å². The second-order valence-electron chi connectivity index (χ2n) is 11.3. The van der Waals surface area contributed by atoms with Gasteiger partial charge in [-0.1, -0.05) is 160 Å². The number of unbranched alkanes of at least 4 members (excludes halogenated alkanes) is 18. The van der Waals surface area contributed by atoms with Crippen molar-refractivity contribution in [2.75, 3.05) is 6.54 Å². The van der Waals surface area contributed by atoms with Gasteiger partial charge in [0.1, 0.15) is 6.17 Å².